The number of nitrogens with one attached hydrogen (secondary N) is 1. The molecule has 1 heterocycles. The molecule has 3 nitrogen and oxygen atoms in total. The maximum atomic E-state index is 4.65. The fourth-order valence-corrected chi connectivity index (χ4v) is 2.94. The van der Waals surface area contributed by atoms with Gasteiger partial charge in [0.05, 0.1) is 0 Å². The van der Waals surface area contributed by atoms with Crippen LogP contribution in [0.15, 0.2) is 34.2 Å². The topological polar surface area (TPSA) is 37.8 Å². The van der Waals surface area contributed by atoms with Gasteiger partial charge in [0.2, 0.25) is 0 Å². The minimum absolute atomic E-state index is 0.885. The highest BCUT2D eigenvalue weighted by Gasteiger charge is 2.07. The molecule has 2 rings (SSSR count). The molecule has 0 fully saturated rings. The first-order chi connectivity index (χ1) is 9.62. The quantitative estimate of drug-likeness (QED) is 0.835. The SMILES string of the molecule is CCCc1nc(NC)cc(Sc2cc(C)ccc2C)n1. The molecule has 20 heavy (non-hydrogen) atoms. The van der Waals surface area contributed by atoms with E-state index in [-0.39, 0.29) is 0 Å². The van der Waals surface area contributed by atoms with Gasteiger partial charge in [0.25, 0.3) is 0 Å². The molecule has 1 aromatic heterocycles. The highest BCUT2D eigenvalue weighted by molar-refractivity contribution is 7.99. The van der Waals surface area contributed by atoms with Crippen LogP contribution in [0, 0.1) is 13.8 Å². The summed E-state index contributed by atoms with van der Waals surface area (Å²) in [5.41, 5.74) is 2.55. The molecule has 4 heteroatoms. The molecular weight excluding hydrogens is 266 g/mol. The van der Waals surface area contributed by atoms with Gasteiger partial charge in [-0.25, -0.2) is 9.97 Å². The summed E-state index contributed by atoms with van der Waals surface area (Å²) in [6.45, 7) is 6.40. The summed E-state index contributed by atoms with van der Waals surface area (Å²) in [5, 5.41) is 4.11. The summed E-state index contributed by atoms with van der Waals surface area (Å²) >= 11 is 1.71. The standard InChI is InChI=1S/C16H21N3S/c1-5-6-14-18-15(17-4)10-16(19-14)20-13-9-11(2)7-8-12(13)3/h7-10H,5-6H2,1-4H3,(H,17,18,19). The van der Waals surface area contributed by atoms with E-state index in [1.165, 1.54) is 16.0 Å². The van der Waals surface area contributed by atoms with Crippen LogP contribution in [-0.2, 0) is 6.42 Å². The highest BCUT2D eigenvalue weighted by atomic mass is 32.2. The number of rotatable bonds is 5. The lowest BCUT2D eigenvalue weighted by Gasteiger charge is -2.09. The first-order valence-corrected chi connectivity index (χ1v) is 7.75. The third-order valence-corrected chi connectivity index (χ3v) is 4.11. The predicted octanol–water partition coefficient (Wildman–Crippen LogP) is 4.24. The third-order valence-electron chi connectivity index (χ3n) is 3.04. The molecule has 1 aromatic carbocycles. The molecule has 0 radical (unpaired) electrons. The lowest BCUT2D eigenvalue weighted by molar-refractivity contribution is 0.811. The summed E-state index contributed by atoms with van der Waals surface area (Å²) in [6, 6.07) is 8.51. The Balaban J connectivity index is 2.32. The van der Waals surface area contributed by atoms with Crippen LogP contribution in [-0.4, -0.2) is 17.0 Å². The minimum atomic E-state index is 0.885. The van der Waals surface area contributed by atoms with Crippen molar-refractivity contribution in [2.45, 2.75) is 43.5 Å². The maximum absolute atomic E-state index is 4.65. The fourth-order valence-electron chi connectivity index (χ4n) is 1.92. The van der Waals surface area contributed by atoms with E-state index in [1.807, 2.05) is 13.1 Å². The largest absolute Gasteiger partial charge is 0.373 e. The van der Waals surface area contributed by atoms with Crippen LogP contribution < -0.4 is 5.32 Å². The van der Waals surface area contributed by atoms with Crippen molar-refractivity contribution in [1.82, 2.24) is 9.97 Å². The number of aromatic nitrogens is 2. The second-order valence-electron chi connectivity index (χ2n) is 4.88. The van der Waals surface area contributed by atoms with Crippen LogP contribution in [0.5, 0.6) is 0 Å². The molecule has 0 aliphatic heterocycles. The molecule has 0 aliphatic carbocycles. The number of nitrogens with zero attached hydrogens (tertiary/aromatic N) is 2. The predicted molar refractivity (Wildman–Crippen MR) is 85.6 cm³/mol. The summed E-state index contributed by atoms with van der Waals surface area (Å²) in [4.78, 5) is 10.4. The highest BCUT2D eigenvalue weighted by Crippen LogP contribution is 2.30. The normalized spacial score (nSPS) is 10.6. The Labute approximate surface area is 125 Å². The molecule has 0 saturated heterocycles. The van der Waals surface area contributed by atoms with E-state index < -0.39 is 0 Å². The fraction of sp³-hybridized carbons (Fsp3) is 0.375. The number of aryl methyl sites for hydroxylation is 3. The summed E-state index contributed by atoms with van der Waals surface area (Å²) in [6.07, 6.45) is 1.97. The molecule has 2 aromatic rings. The zero-order valence-corrected chi connectivity index (χ0v) is 13.3. The van der Waals surface area contributed by atoms with Crippen LogP contribution in [0.3, 0.4) is 0 Å². The van der Waals surface area contributed by atoms with Crippen molar-refractivity contribution in [2.75, 3.05) is 12.4 Å². The van der Waals surface area contributed by atoms with Crippen LogP contribution in [0.25, 0.3) is 0 Å². The molecule has 1 N–H and O–H groups in total. The average molecular weight is 287 g/mol. The van der Waals surface area contributed by atoms with Crippen molar-refractivity contribution < 1.29 is 0 Å². The molecule has 0 atom stereocenters. The van der Waals surface area contributed by atoms with E-state index >= 15 is 0 Å². The van der Waals surface area contributed by atoms with Crippen molar-refractivity contribution in [3.05, 3.63) is 41.2 Å². The number of anilines is 1. The Morgan fingerprint density at radius 3 is 2.65 bits per heavy atom. The van der Waals surface area contributed by atoms with E-state index in [1.54, 1.807) is 11.8 Å². The number of hydrogen-bond donors (Lipinski definition) is 1. The minimum Gasteiger partial charge on any atom is -0.373 e. The smallest absolute Gasteiger partial charge is 0.132 e. The summed E-state index contributed by atoms with van der Waals surface area (Å²) in [7, 11) is 1.89. The van der Waals surface area contributed by atoms with Gasteiger partial charge in [0.15, 0.2) is 0 Å². The monoisotopic (exact) mass is 287 g/mol. The molecule has 0 spiro atoms. The lowest BCUT2D eigenvalue weighted by atomic mass is 10.2. The third kappa shape index (κ3) is 3.73. The van der Waals surface area contributed by atoms with Crippen LogP contribution in [0.1, 0.15) is 30.3 Å². The van der Waals surface area contributed by atoms with Gasteiger partial charge in [-0.3, -0.25) is 0 Å². The van der Waals surface area contributed by atoms with E-state index in [0.29, 0.717) is 0 Å². The average Bonchev–Trinajstić information content (AvgIpc) is 2.43. The van der Waals surface area contributed by atoms with Gasteiger partial charge in [-0.05, 0) is 37.5 Å². The van der Waals surface area contributed by atoms with Crippen molar-refractivity contribution >= 4 is 17.6 Å². The molecule has 0 saturated carbocycles. The molecule has 106 valence electrons. The second kappa shape index (κ2) is 6.75. The molecule has 0 bridgehead atoms. The van der Waals surface area contributed by atoms with Crippen molar-refractivity contribution in [3.8, 4) is 0 Å². The van der Waals surface area contributed by atoms with Crippen molar-refractivity contribution in [1.29, 1.82) is 0 Å². The molecule has 0 amide bonds. The molecule has 0 unspecified atom stereocenters. The second-order valence-corrected chi connectivity index (χ2v) is 5.94. The Morgan fingerprint density at radius 1 is 1.15 bits per heavy atom. The maximum Gasteiger partial charge on any atom is 0.132 e. The van der Waals surface area contributed by atoms with E-state index in [9.17, 15) is 0 Å². The molecule has 0 aliphatic rings. The number of benzene rings is 1. The lowest BCUT2D eigenvalue weighted by Crippen LogP contribution is -2.01. The van der Waals surface area contributed by atoms with E-state index in [4.69, 9.17) is 0 Å². The van der Waals surface area contributed by atoms with E-state index in [2.05, 4.69) is 54.3 Å². The summed E-state index contributed by atoms with van der Waals surface area (Å²) in [5.74, 6) is 1.79. The van der Waals surface area contributed by atoms with Gasteiger partial charge in [-0.15, -0.1) is 0 Å². The zero-order chi connectivity index (χ0) is 14.5. The van der Waals surface area contributed by atoms with E-state index in [0.717, 1.165) is 29.5 Å². The van der Waals surface area contributed by atoms with Gasteiger partial charge in [-0.1, -0.05) is 30.8 Å². The number of hydrogen-bond acceptors (Lipinski definition) is 4. The Morgan fingerprint density at radius 2 is 1.95 bits per heavy atom. The van der Waals surface area contributed by atoms with Crippen molar-refractivity contribution in [2.24, 2.45) is 0 Å². The van der Waals surface area contributed by atoms with Gasteiger partial charge in [0, 0.05) is 24.4 Å². The Hall–Kier alpha value is -1.55. The van der Waals surface area contributed by atoms with Crippen molar-refractivity contribution in [3.63, 3.8) is 0 Å². The zero-order valence-electron chi connectivity index (χ0n) is 12.5. The Kier molecular flexibility index (Phi) is 5.01. The first kappa shape index (κ1) is 14.9. The van der Waals surface area contributed by atoms with Gasteiger partial charge in [0.1, 0.15) is 16.7 Å². The van der Waals surface area contributed by atoms with Crippen LogP contribution in [0.4, 0.5) is 5.82 Å². The Bertz CT molecular complexity index is 596. The van der Waals surface area contributed by atoms with Gasteiger partial charge < -0.3 is 5.32 Å². The van der Waals surface area contributed by atoms with Crippen LogP contribution >= 0.6 is 11.8 Å². The van der Waals surface area contributed by atoms with Gasteiger partial charge >= 0.3 is 0 Å². The van der Waals surface area contributed by atoms with Crippen LogP contribution in [0.2, 0.25) is 0 Å². The van der Waals surface area contributed by atoms with Gasteiger partial charge in [-0.2, -0.15) is 0 Å². The molecular formula is C16H21N3S. The first-order valence-electron chi connectivity index (χ1n) is 6.93. The summed E-state index contributed by atoms with van der Waals surface area (Å²) < 4.78 is 0.